The molecule has 0 radical (unpaired) electrons. The lowest BCUT2D eigenvalue weighted by atomic mass is 9.90. The second kappa shape index (κ2) is 7.14. The number of halogens is 1. The molecular formula is C18H17BrN2O4. The molecule has 130 valence electrons. The summed E-state index contributed by atoms with van der Waals surface area (Å²) in [7, 11) is 3.10. The molecule has 25 heavy (non-hydrogen) atoms. The fourth-order valence-electron chi connectivity index (χ4n) is 3.03. The normalized spacial score (nSPS) is 12.1. The highest BCUT2D eigenvalue weighted by atomic mass is 79.9. The molecule has 6 nitrogen and oxygen atoms in total. The van der Waals surface area contributed by atoms with Gasteiger partial charge in [-0.25, -0.2) is 0 Å². The van der Waals surface area contributed by atoms with E-state index >= 15 is 0 Å². The average molecular weight is 405 g/mol. The molecule has 1 N–H and O–H groups in total. The Morgan fingerprint density at radius 1 is 1.16 bits per heavy atom. The number of nitrogens with one attached hydrogen (secondary N) is 1. The summed E-state index contributed by atoms with van der Waals surface area (Å²) >= 11 is 3.52. The fourth-order valence-corrected chi connectivity index (χ4v) is 3.63. The molecule has 0 aliphatic rings. The lowest BCUT2D eigenvalue weighted by molar-refractivity contribution is -0.481. The zero-order valence-electron chi connectivity index (χ0n) is 13.8. The Balaban J connectivity index is 2.18. The van der Waals surface area contributed by atoms with E-state index < -0.39 is 5.92 Å². The van der Waals surface area contributed by atoms with Crippen LogP contribution >= 0.6 is 15.9 Å². The van der Waals surface area contributed by atoms with Gasteiger partial charge < -0.3 is 14.5 Å². The van der Waals surface area contributed by atoms with E-state index in [0.29, 0.717) is 11.5 Å². The minimum atomic E-state index is -0.430. The van der Waals surface area contributed by atoms with Crippen LogP contribution in [0.5, 0.6) is 11.5 Å². The highest BCUT2D eigenvalue weighted by molar-refractivity contribution is 9.10. The van der Waals surface area contributed by atoms with E-state index in [4.69, 9.17) is 9.47 Å². The molecule has 7 heteroatoms. The maximum atomic E-state index is 11.3. The van der Waals surface area contributed by atoms with Gasteiger partial charge in [-0.1, -0.05) is 34.1 Å². The number of ether oxygens (including phenoxy) is 2. The molecule has 0 aliphatic heterocycles. The Morgan fingerprint density at radius 3 is 2.52 bits per heavy atom. The minimum absolute atomic E-state index is 0.226. The molecule has 0 saturated heterocycles. The van der Waals surface area contributed by atoms with Crippen LogP contribution in [0.1, 0.15) is 17.0 Å². The van der Waals surface area contributed by atoms with Crippen LogP contribution in [-0.2, 0) is 0 Å². The summed E-state index contributed by atoms with van der Waals surface area (Å²) < 4.78 is 11.4. The van der Waals surface area contributed by atoms with E-state index in [9.17, 15) is 10.1 Å². The molecule has 1 aromatic heterocycles. The van der Waals surface area contributed by atoms with Crippen LogP contribution in [0.4, 0.5) is 0 Å². The summed E-state index contributed by atoms with van der Waals surface area (Å²) in [5.74, 6) is 0.672. The number of para-hydroxylation sites is 1. The van der Waals surface area contributed by atoms with E-state index in [1.807, 2.05) is 30.5 Å². The van der Waals surface area contributed by atoms with Crippen molar-refractivity contribution in [1.82, 2.24) is 4.98 Å². The Morgan fingerprint density at radius 2 is 1.84 bits per heavy atom. The third kappa shape index (κ3) is 3.32. The summed E-state index contributed by atoms with van der Waals surface area (Å²) in [5.41, 5.74) is 2.60. The molecule has 0 bridgehead atoms. The SMILES string of the molecule is COc1cc(Br)c([C@H](C[N+](=O)[O-])c2c[nH]c3ccccc23)cc1OC. The summed E-state index contributed by atoms with van der Waals surface area (Å²) in [4.78, 5) is 14.2. The van der Waals surface area contributed by atoms with Crippen molar-refractivity contribution in [3.63, 3.8) is 0 Å². The number of rotatable bonds is 6. The van der Waals surface area contributed by atoms with Crippen molar-refractivity contribution in [3.05, 3.63) is 68.3 Å². The zero-order chi connectivity index (χ0) is 18.0. The summed E-state index contributed by atoms with van der Waals surface area (Å²) in [6.45, 7) is -0.226. The third-order valence-corrected chi connectivity index (χ3v) is 4.89. The Kier molecular flexibility index (Phi) is 4.94. The van der Waals surface area contributed by atoms with Gasteiger partial charge in [0.2, 0.25) is 6.54 Å². The van der Waals surface area contributed by atoms with E-state index in [0.717, 1.165) is 26.5 Å². The molecule has 0 spiro atoms. The van der Waals surface area contributed by atoms with Gasteiger partial charge in [-0.3, -0.25) is 10.1 Å². The van der Waals surface area contributed by atoms with Crippen LogP contribution in [0.25, 0.3) is 10.9 Å². The van der Waals surface area contributed by atoms with Crippen molar-refractivity contribution in [2.24, 2.45) is 0 Å². The second-order valence-corrected chi connectivity index (χ2v) is 6.44. The lowest BCUT2D eigenvalue weighted by Gasteiger charge is -2.17. The maximum absolute atomic E-state index is 11.3. The molecule has 0 aliphatic carbocycles. The molecule has 2 aromatic carbocycles. The van der Waals surface area contributed by atoms with Crippen molar-refractivity contribution >= 4 is 26.8 Å². The quantitative estimate of drug-likeness (QED) is 0.489. The van der Waals surface area contributed by atoms with Crippen molar-refractivity contribution in [3.8, 4) is 11.5 Å². The Labute approximate surface area is 153 Å². The van der Waals surface area contributed by atoms with Gasteiger partial charge in [0.25, 0.3) is 0 Å². The molecule has 1 heterocycles. The molecule has 1 atom stereocenters. The largest absolute Gasteiger partial charge is 0.493 e. The van der Waals surface area contributed by atoms with Crippen LogP contribution in [-0.4, -0.2) is 30.7 Å². The highest BCUT2D eigenvalue weighted by Gasteiger charge is 2.26. The predicted octanol–water partition coefficient (Wildman–Crippen LogP) is 4.36. The van der Waals surface area contributed by atoms with Gasteiger partial charge >= 0.3 is 0 Å². The Bertz CT molecular complexity index is 923. The van der Waals surface area contributed by atoms with Gasteiger partial charge in [0.05, 0.1) is 20.1 Å². The third-order valence-electron chi connectivity index (χ3n) is 4.21. The van der Waals surface area contributed by atoms with E-state index in [-0.39, 0.29) is 11.5 Å². The molecule has 3 aromatic rings. The maximum Gasteiger partial charge on any atom is 0.214 e. The van der Waals surface area contributed by atoms with Crippen LogP contribution in [0, 0.1) is 10.1 Å². The molecule has 3 rings (SSSR count). The van der Waals surface area contributed by atoms with Gasteiger partial charge in [0.15, 0.2) is 11.5 Å². The Hall–Kier alpha value is -2.54. The fraction of sp³-hybridized carbons (Fsp3) is 0.222. The molecule has 0 amide bonds. The summed E-state index contributed by atoms with van der Waals surface area (Å²) in [6.07, 6.45) is 1.84. The van der Waals surface area contributed by atoms with Crippen LogP contribution in [0.2, 0.25) is 0 Å². The molecule has 0 saturated carbocycles. The number of hydrogen-bond acceptors (Lipinski definition) is 4. The average Bonchev–Trinajstić information content (AvgIpc) is 3.03. The number of aromatic nitrogens is 1. The van der Waals surface area contributed by atoms with Crippen LogP contribution < -0.4 is 9.47 Å². The monoisotopic (exact) mass is 404 g/mol. The van der Waals surface area contributed by atoms with Crippen molar-refractivity contribution < 1.29 is 14.4 Å². The van der Waals surface area contributed by atoms with Gasteiger partial charge in [-0.2, -0.15) is 0 Å². The first-order valence-corrected chi connectivity index (χ1v) is 8.43. The molecular weight excluding hydrogens is 388 g/mol. The number of benzene rings is 2. The summed E-state index contributed by atoms with van der Waals surface area (Å²) in [6, 6.07) is 11.3. The summed E-state index contributed by atoms with van der Waals surface area (Å²) in [5, 5.41) is 12.3. The first-order valence-electron chi connectivity index (χ1n) is 7.64. The van der Waals surface area contributed by atoms with E-state index in [1.54, 1.807) is 26.4 Å². The number of methoxy groups -OCH3 is 2. The van der Waals surface area contributed by atoms with Gasteiger partial charge in [0, 0.05) is 26.5 Å². The standard InChI is InChI=1S/C18H17BrN2O4/c1-24-17-7-12(15(19)8-18(17)25-2)14(10-21(22)23)13-9-20-16-6-4-3-5-11(13)16/h3-9,14,20H,10H2,1-2H3/t14-/m0/s1. The highest BCUT2D eigenvalue weighted by Crippen LogP contribution is 2.40. The van der Waals surface area contributed by atoms with Crippen molar-refractivity contribution in [1.29, 1.82) is 0 Å². The number of hydrogen-bond donors (Lipinski definition) is 1. The smallest absolute Gasteiger partial charge is 0.214 e. The van der Waals surface area contributed by atoms with E-state index in [1.165, 1.54) is 0 Å². The topological polar surface area (TPSA) is 77.4 Å². The van der Waals surface area contributed by atoms with E-state index in [2.05, 4.69) is 20.9 Å². The lowest BCUT2D eigenvalue weighted by Crippen LogP contribution is -2.14. The number of fused-ring (bicyclic) bond motifs is 1. The van der Waals surface area contributed by atoms with Crippen molar-refractivity contribution in [2.75, 3.05) is 20.8 Å². The van der Waals surface area contributed by atoms with Crippen LogP contribution in [0.3, 0.4) is 0 Å². The number of nitrogens with zero attached hydrogens (tertiary/aromatic N) is 1. The predicted molar refractivity (Wildman–Crippen MR) is 99.2 cm³/mol. The molecule has 0 unspecified atom stereocenters. The first kappa shape index (κ1) is 17.3. The van der Waals surface area contributed by atoms with Crippen molar-refractivity contribution in [2.45, 2.75) is 5.92 Å². The molecule has 0 fully saturated rings. The number of aromatic amines is 1. The van der Waals surface area contributed by atoms with Gasteiger partial charge in [-0.05, 0) is 29.3 Å². The first-order chi connectivity index (χ1) is 12.0. The minimum Gasteiger partial charge on any atom is -0.493 e. The number of H-pyrrole nitrogens is 1. The van der Waals surface area contributed by atoms with Gasteiger partial charge in [0.1, 0.15) is 0 Å². The zero-order valence-corrected chi connectivity index (χ0v) is 15.4. The van der Waals surface area contributed by atoms with Crippen LogP contribution in [0.15, 0.2) is 47.1 Å². The number of nitro groups is 1. The second-order valence-electron chi connectivity index (χ2n) is 5.59. The van der Waals surface area contributed by atoms with Gasteiger partial charge in [-0.15, -0.1) is 0 Å².